The molecule has 1 aromatic heterocycles. The maximum Gasteiger partial charge on any atom is 0.0576 e. The van der Waals surface area contributed by atoms with Crippen LogP contribution in [0.1, 0.15) is 4.88 Å². The first kappa shape index (κ1) is 6.96. The van der Waals surface area contributed by atoms with Crippen LogP contribution in [0.5, 0.6) is 0 Å². The van der Waals surface area contributed by atoms with Crippen LogP contribution in [0.3, 0.4) is 0 Å². The third-order valence-electron chi connectivity index (χ3n) is 0.926. The lowest BCUT2D eigenvalue weighted by Crippen LogP contribution is -1.87. The van der Waals surface area contributed by atoms with Crippen molar-refractivity contribution in [1.82, 2.24) is 0 Å². The van der Waals surface area contributed by atoms with Gasteiger partial charge in [-0.25, -0.2) is 0 Å². The minimum atomic E-state index is -0.685. The van der Waals surface area contributed by atoms with Gasteiger partial charge in [0.1, 0.15) is 0 Å². The lowest BCUT2D eigenvalue weighted by atomic mass is 10.5. The molecule has 0 bridgehead atoms. The Bertz CT molecular complexity index is 191. The highest BCUT2D eigenvalue weighted by molar-refractivity contribution is 7.83. The van der Waals surface area contributed by atoms with E-state index in [-0.39, 0.29) is 0 Å². The highest BCUT2D eigenvalue weighted by atomic mass is 32.2. The van der Waals surface area contributed by atoms with Crippen LogP contribution < -0.4 is 0 Å². The molecule has 0 N–H and O–H groups in total. The molecule has 50 valence electrons. The van der Waals surface area contributed by atoms with E-state index in [1.807, 2.05) is 17.5 Å². The molecule has 0 aliphatic rings. The van der Waals surface area contributed by atoms with Crippen molar-refractivity contribution in [3.8, 4) is 0 Å². The average molecular weight is 160 g/mol. The largest absolute Gasteiger partial charge is 0.259 e. The van der Waals surface area contributed by atoms with Crippen LogP contribution in [0.25, 0.3) is 0 Å². The van der Waals surface area contributed by atoms with Gasteiger partial charge >= 0.3 is 0 Å². The van der Waals surface area contributed by atoms with E-state index < -0.39 is 10.8 Å². The molecule has 0 aliphatic carbocycles. The number of thiophene rings is 1. The summed E-state index contributed by atoms with van der Waals surface area (Å²) in [4.78, 5) is 1.20. The summed E-state index contributed by atoms with van der Waals surface area (Å²) in [5.41, 5.74) is 0. The maximum absolute atomic E-state index is 10.6. The third kappa shape index (κ3) is 2.28. The Balaban J connectivity index is 2.58. The van der Waals surface area contributed by atoms with Crippen molar-refractivity contribution in [1.29, 1.82) is 0 Å². The van der Waals surface area contributed by atoms with Gasteiger partial charge in [-0.3, -0.25) is 4.21 Å². The van der Waals surface area contributed by atoms with Gasteiger partial charge in [0, 0.05) is 21.9 Å². The molecule has 1 atom stereocenters. The Kier molecular flexibility index (Phi) is 2.42. The molecular formula is C6H8OS2. The minimum absolute atomic E-state index is 0.685. The van der Waals surface area contributed by atoms with Crippen molar-refractivity contribution in [2.45, 2.75) is 5.75 Å². The lowest BCUT2D eigenvalue weighted by Gasteiger charge is -1.87. The zero-order chi connectivity index (χ0) is 6.69. The van der Waals surface area contributed by atoms with E-state index in [0.29, 0.717) is 5.75 Å². The van der Waals surface area contributed by atoms with Gasteiger partial charge in [0.15, 0.2) is 0 Å². The van der Waals surface area contributed by atoms with Crippen molar-refractivity contribution >= 4 is 22.1 Å². The van der Waals surface area contributed by atoms with E-state index in [0.717, 1.165) is 0 Å². The number of hydrogen-bond donors (Lipinski definition) is 0. The van der Waals surface area contributed by atoms with E-state index in [2.05, 4.69) is 0 Å². The van der Waals surface area contributed by atoms with Crippen molar-refractivity contribution in [2.75, 3.05) is 6.26 Å². The zero-order valence-corrected chi connectivity index (χ0v) is 6.80. The smallest absolute Gasteiger partial charge is 0.0576 e. The van der Waals surface area contributed by atoms with Crippen molar-refractivity contribution in [3.63, 3.8) is 0 Å². The first-order chi connectivity index (χ1) is 4.29. The first-order valence-corrected chi connectivity index (χ1v) is 5.22. The summed E-state index contributed by atoms with van der Waals surface area (Å²) < 4.78 is 10.6. The second-order valence-corrected chi connectivity index (χ2v) is 4.26. The molecule has 0 fully saturated rings. The summed E-state index contributed by atoms with van der Waals surface area (Å²) in [6.45, 7) is 0. The lowest BCUT2D eigenvalue weighted by molar-refractivity contribution is 0.686. The molecular weight excluding hydrogens is 152 g/mol. The van der Waals surface area contributed by atoms with E-state index in [1.165, 1.54) is 4.88 Å². The first-order valence-electron chi connectivity index (χ1n) is 2.61. The summed E-state index contributed by atoms with van der Waals surface area (Å²) in [6.07, 6.45) is 1.72. The molecule has 9 heavy (non-hydrogen) atoms. The number of rotatable bonds is 2. The third-order valence-corrected chi connectivity index (χ3v) is 2.70. The fraction of sp³-hybridized carbons (Fsp3) is 0.333. The van der Waals surface area contributed by atoms with Gasteiger partial charge in [0.05, 0.1) is 5.75 Å². The molecule has 1 rings (SSSR count). The summed E-state index contributed by atoms with van der Waals surface area (Å²) >= 11 is 1.66. The molecule has 0 amide bonds. The van der Waals surface area contributed by atoms with Gasteiger partial charge in [-0.05, 0) is 11.4 Å². The summed E-state index contributed by atoms with van der Waals surface area (Å²) in [7, 11) is -0.685. The highest BCUT2D eigenvalue weighted by Crippen LogP contribution is 2.09. The maximum atomic E-state index is 10.6. The minimum Gasteiger partial charge on any atom is -0.259 e. The molecule has 1 nitrogen and oxygen atoms in total. The molecule has 1 aromatic rings. The summed E-state index contributed by atoms with van der Waals surface area (Å²) in [6, 6.07) is 3.99. The number of hydrogen-bond acceptors (Lipinski definition) is 2. The highest BCUT2D eigenvalue weighted by Gasteiger charge is 1.94. The Morgan fingerprint density at radius 1 is 1.78 bits per heavy atom. The predicted octanol–water partition coefficient (Wildman–Crippen LogP) is 1.63. The zero-order valence-electron chi connectivity index (χ0n) is 5.16. The van der Waals surface area contributed by atoms with Crippen LogP contribution in [0.4, 0.5) is 0 Å². The van der Waals surface area contributed by atoms with E-state index >= 15 is 0 Å². The predicted molar refractivity (Wildman–Crippen MR) is 42.1 cm³/mol. The van der Waals surface area contributed by atoms with Gasteiger partial charge in [0.2, 0.25) is 0 Å². The Hall–Kier alpha value is -0.150. The van der Waals surface area contributed by atoms with Crippen LogP contribution in [0.2, 0.25) is 0 Å². The van der Waals surface area contributed by atoms with Crippen LogP contribution in [-0.2, 0) is 16.6 Å². The normalized spacial score (nSPS) is 13.4. The average Bonchev–Trinajstić information content (AvgIpc) is 2.15. The molecule has 1 heterocycles. The van der Waals surface area contributed by atoms with Crippen molar-refractivity contribution in [3.05, 3.63) is 22.4 Å². The molecule has 1 unspecified atom stereocenters. The molecule has 0 saturated heterocycles. The Labute approximate surface area is 61.2 Å². The fourth-order valence-electron chi connectivity index (χ4n) is 0.595. The van der Waals surface area contributed by atoms with Crippen molar-refractivity contribution in [2.24, 2.45) is 0 Å². The molecule has 0 spiro atoms. The summed E-state index contributed by atoms with van der Waals surface area (Å²) in [5, 5.41) is 2.00. The van der Waals surface area contributed by atoms with Crippen LogP contribution in [-0.4, -0.2) is 10.5 Å². The van der Waals surface area contributed by atoms with Gasteiger partial charge < -0.3 is 0 Å². The Morgan fingerprint density at radius 2 is 2.56 bits per heavy atom. The molecule has 0 saturated carbocycles. The van der Waals surface area contributed by atoms with Crippen LogP contribution in [0.15, 0.2) is 17.5 Å². The Morgan fingerprint density at radius 3 is 3.00 bits per heavy atom. The van der Waals surface area contributed by atoms with E-state index in [4.69, 9.17) is 0 Å². The standard InChI is InChI=1S/C6H8OS2/c1-9(7)5-6-3-2-4-8-6/h2-4H,5H2,1H3. The van der Waals surface area contributed by atoms with Crippen molar-refractivity contribution < 1.29 is 4.21 Å². The van der Waals surface area contributed by atoms with E-state index in [1.54, 1.807) is 17.6 Å². The topological polar surface area (TPSA) is 17.1 Å². The molecule has 3 heteroatoms. The van der Waals surface area contributed by atoms with Gasteiger partial charge in [-0.15, -0.1) is 11.3 Å². The second kappa shape index (κ2) is 3.13. The SMILES string of the molecule is CS(=O)Cc1cccs1. The summed E-state index contributed by atoms with van der Waals surface area (Å²) in [5.74, 6) is 0.706. The van der Waals surface area contributed by atoms with Gasteiger partial charge in [-0.1, -0.05) is 6.07 Å². The molecule has 0 aromatic carbocycles. The van der Waals surface area contributed by atoms with Gasteiger partial charge in [-0.2, -0.15) is 0 Å². The monoisotopic (exact) mass is 160 g/mol. The molecule has 0 radical (unpaired) electrons. The van der Waals surface area contributed by atoms with E-state index in [9.17, 15) is 4.21 Å². The van der Waals surface area contributed by atoms with Crippen LogP contribution >= 0.6 is 11.3 Å². The quantitative estimate of drug-likeness (QED) is 0.642. The van der Waals surface area contributed by atoms with Gasteiger partial charge in [0.25, 0.3) is 0 Å². The molecule has 0 aliphatic heterocycles. The second-order valence-electron chi connectivity index (χ2n) is 1.80. The van der Waals surface area contributed by atoms with Crippen LogP contribution in [0, 0.1) is 0 Å². The fourth-order valence-corrected chi connectivity index (χ4v) is 2.35.